The van der Waals surface area contributed by atoms with Crippen molar-refractivity contribution in [1.82, 2.24) is 10.0 Å². The molecule has 0 atom stereocenters. The van der Waals surface area contributed by atoms with Crippen LogP contribution in [0.5, 0.6) is 0 Å². The van der Waals surface area contributed by atoms with Gasteiger partial charge in [-0.15, -0.1) is 0 Å². The topological polar surface area (TPSA) is 99.7 Å². The maximum absolute atomic E-state index is 12.3. The van der Waals surface area contributed by atoms with Gasteiger partial charge in [-0.25, -0.2) is 13.1 Å². The van der Waals surface area contributed by atoms with E-state index in [0.29, 0.717) is 30.8 Å². The first kappa shape index (κ1) is 16.3. The van der Waals surface area contributed by atoms with Crippen molar-refractivity contribution in [2.24, 2.45) is 4.99 Å². The number of guanidine groups is 1. The number of anilines is 1. The molecule has 1 aromatic rings. The van der Waals surface area contributed by atoms with E-state index < -0.39 is 10.0 Å². The van der Waals surface area contributed by atoms with Gasteiger partial charge in [-0.2, -0.15) is 0 Å². The zero-order valence-electron chi connectivity index (χ0n) is 12.9. The molecule has 0 saturated carbocycles. The molecular formula is C14H20N4O3S. The molecule has 1 heterocycles. The third-order valence-electron chi connectivity index (χ3n) is 3.15. The summed E-state index contributed by atoms with van der Waals surface area (Å²) in [4.78, 5) is 15.2. The Labute approximate surface area is 130 Å². The number of hydrogen-bond acceptors (Lipinski definition) is 4. The summed E-state index contributed by atoms with van der Waals surface area (Å²) < 4.78 is 27.0. The standard InChI is InChI=1S/C14H20N4O3S/c1-9-7-10(2)13-12(8-9)17-14(18-22(13,20)21)16-6-4-5-15-11(3)19/h7-8H,4-6H2,1-3H3,(H,15,19)(H2,16,17,18). The summed E-state index contributed by atoms with van der Waals surface area (Å²) in [6, 6.07) is 3.61. The van der Waals surface area contributed by atoms with Gasteiger partial charge in [-0.1, -0.05) is 6.07 Å². The number of amides is 1. The van der Waals surface area contributed by atoms with Crippen LogP contribution in [0, 0.1) is 13.8 Å². The maximum Gasteiger partial charge on any atom is 0.266 e. The zero-order chi connectivity index (χ0) is 16.3. The minimum Gasteiger partial charge on any atom is -0.356 e. The van der Waals surface area contributed by atoms with Crippen molar-refractivity contribution in [2.75, 3.05) is 18.4 Å². The summed E-state index contributed by atoms with van der Waals surface area (Å²) in [5.74, 6) is 0.115. The van der Waals surface area contributed by atoms with Gasteiger partial charge in [0.1, 0.15) is 4.90 Å². The van der Waals surface area contributed by atoms with Crippen LogP contribution in [0.2, 0.25) is 0 Å². The quantitative estimate of drug-likeness (QED) is 0.716. The number of sulfonamides is 1. The lowest BCUT2D eigenvalue weighted by molar-refractivity contribution is -0.118. The number of carbonyl (C=O) groups is 1. The molecule has 7 nitrogen and oxygen atoms in total. The monoisotopic (exact) mass is 324 g/mol. The molecule has 8 heteroatoms. The van der Waals surface area contributed by atoms with Gasteiger partial charge in [0.05, 0.1) is 5.69 Å². The van der Waals surface area contributed by atoms with Crippen LogP contribution < -0.4 is 15.4 Å². The molecule has 0 unspecified atom stereocenters. The second-order valence-electron chi connectivity index (χ2n) is 5.26. The summed E-state index contributed by atoms with van der Waals surface area (Å²) >= 11 is 0. The molecule has 120 valence electrons. The van der Waals surface area contributed by atoms with Crippen molar-refractivity contribution < 1.29 is 13.2 Å². The zero-order valence-corrected chi connectivity index (χ0v) is 13.7. The lowest BCUT2D eigenvalue weighted by Gasteiger charge is -2.23. The van der Waals surface area contributed by atoms with E-state index in [0.717, 1.165) is 5.56 Å². The van der Waals surface area contributed by atoms with Gasteiger partial charge >= 0.3 is 0 Å². The molecule has 1 amide bonds. The van der Waals surface area contributed by atoms with Crippen LogP contribution in [-0.2, 0) is 14.8 Å². The van der Waals surface area contributed by atoms with Crippen LogP contribution >= 0.6 is 0 Å². The molecule has 0 fully saturated rings. The smallest absolute Gasteiger partial charge is 0.266 e. The van der Waals surface area contributed by atoms with Crippen molar-refractivity contribution in [3.8, 4) is 0 Å². The molecule has 1 aliphatic rings. The Morgan fingerprint density at radius 1 is 1.32 bits per heavy atom. The summed E-state index contributed by atoms with van der Waals surface area (Å²) in [5, 5.41) is 5.67. The molecule has 1 aromatic carbocycles. The van der Waals surface area contributed by atoms with Crippen LogP contribution in [0.3, 0.4) is 0 Å². The number of fused-ring (bicyclic) bond motifs is 1. The molecule has 3 N–H and O–H groups in total. The molecule has 0 bridgehead atoms. The molecule has 2 rings (SSSR count). The Bertz CT molecular complexity index is 726. The SMILES string of the molecule is CC(=O)NCCCN=C1Nc2cc(C)cc(C)c2S(=O)(=O)N1. The Balaban J connectivity index is 2.14. The van der Waals surface area contributed by atoms with Gasteiger partial charge in [0, 0.05) is 20.0 Å². The number of hydrogen-bond donors (Lipinski definition) is 3. The van der Waals surface area contributed by atoms with Crippen molar-refractivity contribution in [3.63, 3.8) is 0 Å². The number of nitrogens with zero attached hydrogens (tertiary/aromatic N) is 1. The molecule has 0 spiro atoms. The molecule has 0 aliphatic carbocycles. The predicted molar refractivity (Wildman–Crippen MR) is 85.5 cm³/mol. The molecule has 0 aromatic heterocycles. The fourth-order valence-corrected chi connectivity index (χ4v) is 3.70. The highest BCUT2D eigenvalue weighted by atomic mass is 32.2. The van der Waals surface area contributed by atoms with Crippen molar-refractivity contribution >= 4 is 27.6 Å². The van der Waals surface area contributed by atoms with E-state index in [1.165, 1.54) is 6.92 Å². The average molecular weight is 324 g/mol. The summed E-state index contributed by atoms with van der Waals surface area (Å²) in [6.07, 6.45) is 0.631. The first-order valence-corrected chi connectivity index (χ1v) is 8.48. The highest BCUT2D eigenvalue weighted by molar-refractivity contribution is 7.90. The van der Waals surface area contributed by atoms with E-state index in [1.54, 1.807) is 13.0 Å². The highest BCUT2D eigenvalue weighted by Gasteiger charge is 2.28. The van der Waals surface area contributed by atoms with Gasteiger partial charge in [0.15, 0.2) is 0 Å². The maximum atomic E-state index is 12.3. The lowest BCUT2D eigenvalue weighted by atomic mass is 10.1. The number of aliphatic imine (C=N–C) groups is 1. The number of nitrogens with one attached hydrogen (secondary N) is 3. The van der Waals surface area contributed by atoms with Gasteiger partial charge < -0.3 is 10.6 Å². The summed E-state index contributed by atoms with van der Waals surface area (Å²) in [6.45, 7) is 6.04. The molecule has 1 aliphatic heterocycles. The van der Waals surface area contributed by atoms with E-state index in [2.05, 4.69) is 20.3 Å². The van der Waals surface area contributed by atoms with Crippen LogP contribution in [0.25, 0.3) is 0 Å². The number of rotatable bonds is 4. The highest BCUT2D eigenvalue weighted by Crippen LogP contribution is 2.29. The third-order valence-corrected chi connectivity index (χ3v) is 4.69. The fourth-order valence-electron chi connectivity index (χ4n) is 2.34. The Hall–Kier alpha value is -2.09. The molecule has 0 saturated heterocycles. The summed E-state index contributed by atoms with van der Waals surface area (Å²) in [5.41, 5.74) is 2.21. The van der Waals surface area contributed by atoms with Crippen molar-refractivity contribution in [2.45, 2.75) is 32.1 Å². The third kappa shape index (κ3) is 3.76. The second-order valence-corrected chi connectivity index (χ2v) is 6.88. The first-order valence-electron chi connectivity index (χ1n) is 6.99. The molecule has 22 heavy (non-hydrogen) atoms. The minimum absolute atomic E-state index is 0.0935. The Morgan fingerprint density at radius 3 is 2.73 bits per heavy atom. The minimum atomic E-state index is -3.61. The van der Waals surface area contributed by atoms with Crippen molar-refractivity contribution in [3.05, 3.63) is 23.3 Å². The van der Waals surface area contributed by atoms with Crippen LogP contribution in [0.1, 0.15) is 24.5 Å². The normalized spacial score (nSPS) is 17.3. The number of aryl methyl sites for hydroxylation is 2. The largest absolute Gasteiger partial charge is 0.356 e. The second kappa shape index (κ2) is 6.35. The van der Waals surface area contributed by atoms with Gasteiger partial charge in [0.2, 0.25) is 11.9 Å². The van der Waals surface area contributed by atoms with Crippen LogP contribution in [-0.4, -0.2) is 33.4 Å². The van der Waals surface area contributed by atoms with E-state index in [-0.39, 0.29) is 16.8 Å². The fraction of sp³-hybridized carbons (Fsp3) is 0.429. The van der Waals surface area contributed by atoms with E-state index in [9.17, 15) is 13.2 Å². The Kier molecular flexibility index (Phi) is 4.70. The molecule has 0 radical (unpaired) electrons. The van der Waals surface area contributed by atoms with Gasteiger partial charge in [0.25, 0.3) is 10.0 Å². The van der Waals surface area contributed by atoms with E-state index >= 15 is 0 Å². The first-order chi connectivity index (χ1) is 10.3. The van der Waals surface area contributed by atoms with E-state index in [1.807, 2.05) is 13.0 Å². The van der Waals surface area contributed by atoms with Crippen molar-refractivity contribution in [1.29, 1.82) is 0 Å². The average Bonchev–Trinajstić information content (AvgIpc) is 2.35. The summed E-state index contributed by atoms with van der Waals surface area (Å²) in [7, 11) is -3.61. The molecular weight excluding hydrogens is 304 g/mol. The van der Waals surface area contributed by atoms with Gasteiger partial charge in [-0.05, 0) is 37.5 Å². The Morgan fingerprint density at radius 2 is 2.05 bits per heavy atom. The van der Waals surface area contributed by atoms with E-state index in [4.69, 9.17) is 0 Å². The predicted octanol–water partition coefficient (Wildman–Crippen LogP) is 0.889. The number of benzene rings is 1. The van der Waals surface area contributed by atoms with Crippen LogP contribution in [0.15, 0.2) is 22.0 Å². The number of carbonyl (C=O) groups excluding carboxylic acids is 1. The van der Waals surface area contributed by atoms with Crippen LogP contribution in [0.4, 0.5) is 5.69 Å². The van der Waals surface area contributed by atoms with Gasteiger partial charge in [-0.3, -0.25) is 9.79 Å². The lowest BCUT2D eigenvalue weighted by Crippen LogP contribution is -2.41.